The molecule has 2 aromatic carbocycles. The van der Waals surface area contributed by atoms with Crippen molar-refractivity contribution in [3.63, 3.8) is 0 Å². The van der Waals surface area contributed by atoms with Crippen LogP contribution in [0.5, 0.6) is 5.75 Å². The van der Waals surface area contributed by atoms with Gasteiger partial charge in [-0.3, -0.25) is 4.79 Å². The molecule has 2 aromatic rings. The van der Waals surface area contributed by atoms with E-state index in [0.717, 1.165) is 12.0 Å². The van der Waals surface area contributed by atoms with E-state index < -0.39 is 10.0 Å². The normalized spacial score (nSPS) is 16.6. The van der Waals surface area contributed by atoms with Gasteiger partial charge in [-0.05, 0) is 68.5 Å². The molecule has 0 spiro atoms. The van der Waals surface area contributed by atoms with Gasteiger partial charge in [0.05, 0.1) is 18.0 Å². The largest absolute Gasteiger partial charge is 0.497 e. The fraction of sp³-hybridized carbons (Fsp3) is 0.458. The van der Waals surface area contributed by atoms with Crippen LogP contribution < -0.4 is 10.1 Å². The first-order valence-electron chi connectivity index (χ1n) is 10.8. The van der Waals surface area contributed by atoms with E-state index >= 15 is 0 Å². The van der Waals surface area contributed by atoms with Gasteiger partial charge in [0.2, 0.25) is 15.9 Å². The highest BCUT2D eigenvalue weighted by atomic mass is 32.2. The second-order valence-electron chi connectivity index (χ2n) is 8.18. The lowest BCUT2D eigenvalue weighted by Crippen LogP contribution is -2.43. The lowest BCUT2D eigenvalue weighted by atomic mass is 9.94. The predicted octanol–water partition coefficient (Wildman–Crippen LogP) is 3.98. The number of aryl methyl sites for hydroxylation is 2. The van der Waals surface area contributed by atoms with E-state index in [9.17, 15) is 13.2 Å². The summed E-state index contributed by atoms with van der Waals surface area (Å²) in [6, 6.07) is 12.7. The van der Waals surface area contributed by atoms with Crippen molar-refractivity contribution in [3.8, 4) is 5.75 Å². The first-order valence-corrected chi connectivity index (χ1v) is 12.2. The third-order valence-electron chi connectivity index (χ3n) is 6.05. The molecule has 1 saturated heterocycles. The quantitative estimate of drug-likeness (QED) is 0.701. The van der Waals surface area contributed by atoms with Crippen molar-refractivity contribution in [1.29, 1.82) is 0 Å². The number of carbonyl (C=O) groups is 1. The molecule has 168 valence electrons. The summed E-state index contributed by atoms with van der Waals surface area (Å²) < 4.78 is 32.4. The molecule has 0 bridgehead atoms. The van der Waals surface area contributed by atoms with Crippen LogP contribution in [0, 0.1) is 19.8 Å². The molecular weight excluding hydrogens is 412 g/mol. The Kier molecular flexibility index (Phi) is 7.38. The molecule has 1 amide bonds. The molecule has 1 N–H and O–H groups in total. The number of nitrogens with zero attached hydrogens (tertiary/aromatic N) is 1. The maximum absolute atomic E-state index is 12.9. The van der Waals surface area contributed by atoms with Gasteiger partial charge in [0.1, 0.15) is 5.75 Å². The number of amides is 1. The molecule has 0 radical (unpaired) electrons. The minimum atomic E-state index is -3.57. The third-order valence-corrected chi connectivity index (χ3v) is 7.96. The second-order valence-corrected chi connectivity index (χ2v) is 10.1. The first-order chi connectivity index (χ1) is 14.8. The van der Waals surface area contributed by atoms with Gasteiger partial charge in [0, 0.05) is 19.0 Å². The zero-order valence-electron chi connectivity index (χ0n) is 18.7. The highest BCUT2D eigenvalue weighted by Crippen LogP contribution is 2.27. The fourth-order valence-corrected chi connectivity index (χ4v) is 5.63. The van der Waals surface area contributed by atoms with Crippen LogP contribution in [0.1, 0.15) is 48.9 Å². The number of nitrogens with one attached hydrogen (secondary N) is 1. The van der Waals surface area contributed by atoms with Crippen LogP contribution in [0.15, 0.2) is 47.4 Å². The Morgan fingerprint density at radius 1 is 1.13 bits per heavy atom. The molecular formula is C24H32N2O4S. The van der Waals surface area contributed by atoms with Crippen LogP contribution in [0.3, 0.4) is 0 Å². The summed E-state index contributed by atoms with van der Waals surface area (Å²) in [6.45, 7) is 6.87. The molecule has 0 saturated carbocycles. The predicted molar refractivity (Wildman–Crippen MR) is 122 cm³/mol. The zero-order valence-corrected chi connectivity index (χ0v) is 19.5. The molecule has 1 aliphatic rings. The van der Waals surface area contributed by atoms with Crippen LogP contribution in [0.25, 0.3) is 0 Å². The summed E-state index contributed by atoms with van der Waals surface area (Å²) in [4.78, 5) is 13.2. The van der Waals surface area contributed by atoms with Gasteiger partial charge in [-0.1, -0.05) is 30.7 Å². The summed E-state index contributed by atoms with van der Waals surface area (Å²) in [5.74, 6) is 0.444. The molecule has 0 unspecified atom stereocenters. The first kappa shape index (κ1) is 23.3. The molecule has 1 fully saturated rings. The number of benzene rings is 2. The van der Waals surface area contributed by atoms with Crippen molar-refractivity contribution in [1.82, 2.24) is 9.62 Å². The Bertz CT molecular complexity index is 1010. The molecule has 7 heteroatoms. The minimum absolute atomic E-state index is 0.00770. The number of hydrogen-bond donors (Lipinski definition) is 1. The van der Waals surface area contributed by atoms with Crippen LogP contribution >= 0.6 is 0 Å². The number of hydrogen-bond acceptors (Lipinski definition) is 4. The monoisotopic (exact) mass is 444 g/mol. The Balaban J connectivity index is 1.62. The number of carbonyl (C=O) groups excluding carboxylic acids is 1. The Morgan fingerprint density at radius 2 is 1.77 bits per heavy atom. The smallest absolute Gasteiger partial charge is 0.243 e. The van der Waals surface area contributed by atoms with Crippen molar-refractivity contribution < 1.29 is 17.9 Å². The van der Waals surface area contributed by atoms with Crippen LogP contribution in [0.4, 0.5) is 0 Å². The van der Waals surface area contributed by atoms with E-state index in [0.29, 0.717) is 31.7 Å². The summed E-state index contributed by atoms with van der Waals surface area (Å²) in [7, 11) is -2.03. The highest BCUT2D eigenvalue weighted by molar-refractivity contribution is 7.89. The summed E-state index contributed by atoms with van der Waals surface area (Å²) in [5.41, 5.74) is 3.52. The molecule has 1 atom stereocenters. The van der Waals surface area contributed by atoms with Gasteiger partial charge in [0.15, 0.2) is 0 Å². The molecule has 0 aromatic heterocycles. The molecule has 6 nitrogen and oxygen atoms in total. The van der Waals surface area contributed by atoms with Crippen LogP contribution in [-0.4, -0.2) is 38.8 Å². The number of sulfonamides is 1. The number of rotatable bonds is 7. The van der Waals surface area contributed by atoms with Crippen molar-refractivity contribution in [2.24, 2.45) is 5.92 Å². The second kappa shape index (κ2) is 9.83. The number of piperidine rings is 1. The molecule has 31 heavy (non-hydrogen) atoms. The van der Waals surface area contributed by atoms with Gasteiger partial charge < -0.3 is 10.1 Å². The van der Waals surface area contributed by atoms with Gasteiger partial charge in [-0.2, -0.15) is 4.31 Å². The highest BCUT2D eigenvalue weighted by Gasteiger charge is 2.32. The van der Waals surface area contributed by atoms with Crippen molar-refractivity contribution in [2.75, 3.05) is 20.2 Å². The molecule has 3 rings (SSSR count). The molecule has 1 heterocycles. The maximum Gasteiger partial charge on any atom is 0.243 e. The van der Waals surface area contributed by atoms with E-state index in [1.165, 1.54) is 15.4 Å². The minimum Gasteiger partial charge on any atom is -0.497 e. The maximum atomic E-state index is 12.9. The Hall–Kier alpha value is -2.38. The standard InChI is InChI=1S/C24H32N2O4S/c1-5-23(22-11-6-17(2)16-18(22)3)25-24(27)19-12-14-26(15-13-19)31(28,29)21-9-7-20(30-4)8-10-21/h6-11,16,19,23H,5,12-15H2,1-4H3,(H,25,27)/t23-/m1/s1. The van der Waals surface area contributed by atoms with E-state index in [1.807, 2.05) is 0 Å². The van der Waals surface area contributed by atoms with Gasteiger partial charge in [0.25, 0.3) is 0 Å². The topological polar surface area (TPSA) is 75.7 Å². The Morgan fingerprint density at radius 3 is 2.32 bits per heavy atom. The number of methoxy groups -OCH3 is 1. The van der Waals surface area contributed by atoms with Crippen molar-refractivity contribution in [2.45, 2.75) is 51.0 Å². The van der Waals surface area contributed by atoms with Crippen molar-refractivity contribution >= 4 is 15.9 Å². The molecule has 0 aliphatic carbocycles. The third kappa shape index (κ3) is 5.28. The zero-order chi connectivity index (χ0) is 22.6. The Labute approximate surface area is 185 Å². The van der Waals surface area contributed by atoms with Crippen LogP contribution in [0.2, 0.25) is 0 Å². The van der Waals surface area contributed by atoms with E-state index in [-0.39, 0.29) is 22.8 Å². The lowest BCUT2D eigenvalue weighted by Gasteiger charge is -2.31. The van der Waals surface area contributed by atoms with Crippen molar-refractivity contribution in [3.05, 3.63) is 59.2 Å². The summed E-state index contributed by atoms with van der Waals surface area (Å²) in [6.07, 6.45) is 1.84. The average molecular weight is 445 g/mol. The van der Waals surface area contributed by atoms with E-state index in [2.05, 4.69) is 44.3 Å². The summed E-state index contributed by atoms with van der Waals surface area (Å²) in [5, 5.41) is 3.19. The van der Waals surface area contributed by atoms with E-state index in [1.54, 1.807) is 31.4 Å². The lowest BCUT2D eigenvalue weighted by molar-refractivity contribution is -0.126. The van der Waals surface area contributed by atoms with E-state index in [4.69, 9.17) is 4.74 Å². The van der Waals surface area contributed by atoms with Crippen LogP contribution in [-0.2, 0) is 14.8 Å². The van der Waals surface area contributed by atoms with Gasteiger partial charge in [-0.25, -0.2) is 8.42 Å². The fourth-order valence-electron chi connectivity index (χ4n) is 4.16. The SMILES string of the molecule is CC[C@@H](NC(=O)C1CCN(S(=O)(=O)c2ccc(OC)cc2)CC1)c1ccc(C)cc1C. The average Bonchev–Trinajstić information content (AvgIpc) is 2.78. The van der Waals surface area contributed by atoms with Gasteiger partial charge in [-0.15, -0.1) is 0 Å². The summed E-state index contributed by atoms with van der Waals surface area (Å²) >= 11 is 0. The number of ether oxygens (including phenoxy) is 1. The van der Waals surface area contributed by atoms with Gasteiger partial charge >= 0.3 is 0 Å². The molecule has 1 aliphatic heterocycles.